The Morgan fingerprint density at radius 3 is 2.22 bits per heavy atom. The summed E-state index contributed by atoms with van der Waals surface area (Å²) in [5.74, 6) is -0.975. The number of benzene rings is 3. The van der Waals surface area contributed by atoms with E-state index in [1.165, 1.54) is 17.0 Å². The molecule has 1 saturated carbocycles. The summed E-state index contributed by atoms with van der Waals surface area (Å²) in [4.78, 5) is 29.1. The molecule has 0 spiro atoms. The van der Waals surface area contributed by atoms with Gasteiger partial charge in [-0.25, -0.2) is 12.8 Å². The van der Waals surface area contributed by atoms with Gasteiger partial charge < -0.3 is 15.0 Å². The smallest absolute Gasteiger partial charge is 0.264 e. The molecule has 0 heterocycles. The van der Waals surface area contributed by atoms with Gasteiger partial charge in [0.1, 0.15) is 24.2 Å². The highest BCUT2D eigenvalue weighted by Crippen LogP contribution is 2.28. The van der Waals surface area contributed by atoms with Gasteiger partial charge in [-0.05, 0) is 92.4 Å². The summed E-state index contributed by atoms with van der Waals surface area (Å²) in [6.07, 6.45) is 5.18. The minimum Gasteiger partial charge on any atom is -0.494 e. The lowest BCUT2D eigenvalue weighted by molar-refractivity contribution is -0.140. The molecule has 1 aliphatic rings. The van der Waals surface area contributed by atoms with Gasteiger partial charge in [-0.1, -0.05) is 55.5 Å². The van der Waals surface area contributed by atoms with Crippen molar-refractivity contribution in [3.8, 4) is 5.75 Å². The molecule has 2 amide bonds. The molecule has 1 fully saturated rings. The van der Waals surface area contributed by atoms with E-state index in [9.17, 15) is 22.4 Å². The van der Waals surface area contributed by atoms with Gasteiger partial charge in [0.25, 0.3) is 10.0 Å². The third-order valence-corrected chi connectivity index (χ3v) is 10.3. The lowest BCUT2D eigenvalue weighted by Crippen LogP contribution is -2.54. The first-order chi connectivity index (χ1) is 21.5. The van der Waals surface area contributed by atoms with Crippen LogP contribution in [0.2, 0.25) is 10.0 Å². The largest absolute Gasteiger partial charge is 0.494 e. The zero-order chi connectivity index (χ0) is 32.6. The number of sulfonamides is 1. The van der Waals surface area contributed by atoms with Gasteiger partial charge in [-0.15, -0.1) is 0 Å². The van der Waals surface area contributed by atoms with Crippen molar-refractivity contribution in [2.45, 2.75) is 75.9 Å². The molecule has 0 saturated heterocycles. The van der Waals surface area contributed by atoms with Crippen LogP contribution in [0.5, 0.6) is 5.75 Å². The Balaban J connectivity index is 1.72. The van der Waals surface area contributed by atoms with Crippen molar-refractivity contribution in [3.05, 3.63) is 88.2 Å². The Kier molecular flexibility index (Phi) is 12.1. The van der Waals surface area contributed by atoms with Crippen molar-refractivity contribution in [3.63, 3.8) is 0 Å². The van der Waals surface area contributed by atoms with Crippen LogP contribution in [0.4, 0.5) is 10.1 Å². The number of halogens is 3. The molecule has 1 aliphatic carbocycles. The van der Waals surface area contributed by atoms with Crippen LogP contribution in [-0.2, 0) is 26.2 Å². The van der Waals surface area contributed by atoms with Crippen molar-refractivity contribution in [2.75, 3.05) is 17.5 Å². The van der Waals surface area contributed by atoms with E-state index in [0.29, 0.717) is 29.4 Å². The van der Waals surface area contributed by atoms with Crippen molar-refractivity contribution in [1.82, 2.24) is 10.2 Å². The van der Waals surface area contributed by atoms with E-state index in [0.717, 1.165) is 60.7 Å². The Hall–Kier alpha value is -3.34. The van der Waals surface area contributed by atoms with Gasteiger partial charge in [-0.3, -0.25) is 13.9 Å². The van der Waals surface area contributed by atoms with Crippen molar-refractivity contribution in [1.29, 1.82) is 0 Å². The van der Waals surface area contributed by atoms with Gasteiger partial charge >= 0.3 is 0 Å². The van der Waals surface area contributed by atoms with Gasteiger partial charge in [0.05, 0.1) is 27.2 Å². The maximum Gasteiger partial charge on any atom is 0.264 e. The van der Waals surface area contributed by atoms with Crippen LogP contribution in [0.25, 0.3) is 0 Å². The summed E-state index contributed by atoms with van der Waals surface area (Å²) in [5, 5.41) is 3.74. The minimum atomic E-state index is -4.35. The fourth-order valence-electron chi connectivity index (χ4n) is 5.44. The molecular formula is C33H38Cl2FN3O5S. The SMILES string of the molecule is CCOc1ccc(N(CC(=O)N(Cc2ccc(Cl)c(Cl)c2)[C@H](CC)C(=O)NC2CCCCC2)S(=O)(=O)c2ccc(F)cc2)cc1. The molecule has 0 bridgehead atoms. The first-order valence-electron chi connectivity index (χ1n) is 15.1. The van der Waals surface area contributed by atoms with Gasteiger partial charge in [-0.2, -0.15) is 0 Å². The highest BCUT2D eigenvalue weighted by Gasteiger charge is 2.34. The maximum absolute atomic E-state index is 14.3. The number of anilines is 1. The zero-order valence-corrected chi connectivity index (χ0v) is 27.7. The Morgan fingerprint density at radius 2 is 1.62 bits per heavy atom. The Labute approximate surface area is 274 Å². The quantitative estimate of drug-likeness (QED) is 0.211. The predicted molar refractivity (Wildman–Crippen MR) is 175 cm³/mol. The minimum absolute atomic E-state index is 0.0139. The number of hydrogen-bond donors (Lipinski definition) is 1. The number of nitrogens with one attached hydrogen (secondary N) is 1. The number of nitrogens with zero attached hydrogens (tertiary/aromatic N) is 2. The summed E-state index contributed by atoms with van der Waals surface area (Å²) in [6.45, 7) is 3.41. The summed E-state index contributed by atoms with van der Waals surface area (Å²) in [7, 11) is -4.35. The molecule has 1 N–H and O–H groups in total. The molecule has 4 rings (SSSR count). The first-order valence-corrected chi connectivity index (χ1v) is 17.3. The van der Waals surface area contributed by atoms with Crippen LogP contribution >= 0.6 is 23.2 Å². The van der Waals surface area contributed by atoms with Crippen LogP contribution in [-0.4, -0.2) is 50.4 Å². The molecule has 0 aliphatic heterocycles. The second-order valence-corrected chi connectivity index (χ2v) is 13.6. The molecule has 1 atom stereocenters. The highest BCUT2D eigenvalue weighted by molar-refractivity contribution is 7.92. The molecular weight excluding hydrogens is 640 g/mol. The summed E-state index contributed by atoms with van der Waals surface area (Å²) in [5.41, 5.74) is 0.820. The van der Waals surface area contributed by atoms with E-state index in [4.69, 9.17) is 27.9 Å². The molecule has 45 heavy (non-hydrogen) atoms. The van der Waals surface area contributed by atoms with E-state index >= 15 is 0 Å². The normalized spacial score (nSPS) is 14.4. The monoisotopic (exact) mass is 677 g/mol. The first kappa shape index (κ1) is 34.5. The Bertz CT molecular complexity index is 1570. The number of carbonyl (C=O) groups is 2. The second kappa shape index (κ2) is 15.8. The zero-order valence-electron chi connectivity index (χ0n) is 25.3. The van der Waals surface area contributed by atoms with E-state index in [1.807, 2.05) is 6.92 Å². The summed E-state index contributed by atoms with van der Waals surface area (Å²) in [6, 6.07) is 14.7. The third kappa shape index (κ3) is 8.89. The van der Waals surface area contributed by atoms with Crippen molar-refractivity contribution >= 4 is 50.7 Å². The number of ether oxygens (including phenoxy) is 1. The Morgan fingerprint density at radius 1 is 0.956 bits per heavy atom. The number of hydrogen-bond acceptors (Lipinski definition) is 5. The van der Waals surface area contributed by atoms with E-state index in [2.05, 4.69) is 5.32 Å². The van der Waals surface area contributed by atoms with Crippen LogP contribution in [0.3, 0.4) is 0 Å². The highest BCUT2D eigenvalue weighted by atomic mass is 35.5. The van der Waals surface area contributed by atoms with Crippen molar-refractivity contribution in [2.24, 2.45) is 0 Å². The van der Waals surface area contributed by atoms with Crippen LogP contribution in [0.1, 0.15) is 57.9 Å². The van der Waals surface area contributed by atoms with Crippen molar-refractivity contribution < 1.29 is 27.1 Å². The fraction of sp³-hybridized carbons (Fsp3) is 0.394. The predicted octanol–water partition coefficient (Wildman–Crippen LogP) is 6.98. The van der Waals surface area contributed by atoms with E-state index in [1.54, 1.807) is 37.3 Å². The lowest BCUT2D eigenvalue weighted by Gasteiger charge is -2.34. The third-order valence-electron chi connectivity index (χ3n) is 7.79. The molecule has 242 valence electrons. The fourth-order valence-corrected chi connectivity index (χ4v) is 7.17. The van der Waals surface area contributed by atoms with Crippen LogP contribution in [0.15, 0.2) is 71.6 Å². The van der Waals surface area contributed by atoms with Gasteiger partial charge in [0, 0.05) is 12.6 Å². The number of carbonyl (C=O) groups excluding carboxylic acids is 2. The molecule has 0 unspecified atom stereocenters. The average molecular weight is 679 g/mol. The lowest BCUT2D eigenvalue weighted by atomic mass is 9.95. The van der Waals surface area contributed by atoms with Gasteiger partial charge in [0.15, 0.2) is 0 Å². The standard InChI is InChI=1S/C33H38Cl2FN3O5S/c1-3-31(33(41)37-25-8-6-5-7-9-25)38(21-23-10-19-29(34)30(35)20-23)32(40)22-39(26-13-15-27(16-14-26)44-4-2)45(42,43)28-17-11-24(36)12-18-28/h10-20,25,31H,3-9,21-22H2,1-2H3,(H,37,41)/t31-/m1/s1. The molecule has 0 aromatic heterocycles. The second-order valence-electron chi connectivity index (χ2n) is 10.9. The average Bonchev–Trinajstić information content (AvgIpc) is 3.02. The van der Waals surface area contributed by atoms with E-state index in [-0.39, 0.29) is 34.1 Å². The molecule has 0 radical (unpaired) electrons. The topological polar surface area (TPSA) is 96.0 Å². The van der Waals surface area contributed by atoms with Crippen LogP contribution in [0, 0.1) is 5.82 Å². The van der Waals surface area contributed by atoms with Gasteiger partial charge in [0.2, 0.25) is 11.8 Å². The molecule has 3 aromatic rings. The number of rotatable bonds is 13. The van der Waals surface area contributed by atoms with Crippen LogP contribution < -0.4 is 14.4 Å². The molecule has 3 aromatic carbocycles. The molecule has 12 heteroatoms. The molecule has 8 nitrogen and oxygen atoms in total. The maximum atomic E-state index is 14.3. The summed E-state index contributed by atoms with van der Waals surface area (Å²) < 4.78 is 48.2. The number of amides is 2. The van der Waals surface area contributed by atoms with E-state index < -0.39 is 34.3 Å². The summed E-state index contributed by atoms with van der Waals surface area (Å²) >= 11 is 12.4.